The van der Waals surface area contributed by atoms with Crippen molar-refractivity contribution in [3.63, 3.8) is 0 Å². The first-order valence-corrected chi connectivity index (χ1v) is 12.8. The quantitative estimate of drug-likeness (QED) is 0.231. The standard InChI is InChI=1S/C17H12Cl12/c1-7-11-9-5-3-2-4-8(9)6-10(18)14(22,23)15(24,25)12(11,19)16(26,27)17(28,29)13(7,20)21/h3,5,8,10H,1-2,4,6H2/b11-9-. The van der Waals surface area contributed by atoms with Gasteiger partial charge in [0, 0.05) is 0 Å². The van der Waals surface area contributed by atoms with Crippen LogP contribution in [-0.2, 0) is 0 Å². The fourth-order valence-corrected chi connectivity index (χ4v) is 8.53. The average Bonchev–Trinajstić information content (AvgIpc) is 2.60. The molecule has 0 heterocycles. The molecular formula is C17H12Cl12. The van der Waals surface area contributed by atoms with Crippen LogP contribution in [0.1, 0.15) is 19.3 Å². The van der Waals surface area contributed by atoms with E-state index in [2.05, 4.69) is 6.58 Å². The minimum Gasteiger partial charge on any atom is -0.120 e. The molecule has 0 radical (unpaired) electrons. The molecule has 1 saturated carbocycles. The summed E-state index contributed by atoms with van der Waals surface area (Å²) in [5.41, 5.74) is 0.884. The van der Waals surface area contributed by atoms with Crippen LogP contribution < -0.4 is 0 Å². The van der Waals surface area contributed by atoms with Crippen molar-refractivity contribution >= 4 is 139 Å². The highest BCUT2D eigenvalue weighted by atomic mass is 35.6. The maximum absolute atomic E-state index is 7.12. The van der Waals surface area contributed by atoms with Gasteiger partial charge in [0.05, 0.1) is 5.38 Å². The van der Waals surface area contributed by atoms with Crippen molar-refractivity contribution in [3.05, 3.63) is 35.5 Å². The van der Waals surface area contributed by atoms with E-state index in [4.69, 9.17) is 139 Å². The van der Waals surface area contributed by atoms with Crippen molar-refractivity contribution in [3.8, 4) is 0 Å². The van der Waals surface area contributed by atoms with E-state index in [1.54, 1.807) is 0 Å². The van der Waals surface area contributed by atoms with Gasteiger partial charge in [-0.15, -0.1) is 23.2 Å². The van der Waals surface area contributed by atoms with Crippen LogP contribution in [-0.4, -0.2) is 31.9 Å². The van der Waals surface area contributed by atoms with E-state index >= 15 is 0 Å². The van der Waals surface area contributed by atoms with Crippen molar-refractivity contribution < 1.29 is 0 Å². The first-order chi connectivity index (χ1) is 12.9. The van der Waals surface area contributed by atoms with Crippen LogP contribution in [0, 0.1) is 5.92 Å². The first-order valence-electron chi connectivity index (χ1n) is 8.23. The highest BCUT2D eigenvalue weighted by molar-refractivity contribution is 6.76. The van der Waals surface area contributed by atoms with Crippen molar-refractivity contribution in [2.24, 2.45) is 5.92 Å². The number of hydrogen-bond acceptors (Lipinski definition) is 0. The smallest absolute Gasteiger partial charge is 0.120 e. The molecule has 0 N–H and O–H groups in total. The van der Waals surface area contributed by atoms with E-state index in [9.17, 15) is 0 Å². The number of fused-ring (bicyclic) bond motifs is 2. The molecule has 3 aliphatic carbocycles. The molecule has 3 unspecified atom stereocenters. The summed E-state index contributed by atoms with van der Waals surface area (Å²) in [7, 11) is 0. The predicted molar refractivity (Wildman–Crippen MR) is 133 cm³/mol. The van der Waals surface area contributed by atoms with Crippen molar-refractivity contribution in [2.45, 2.75) is 51.2 Å². The topological polar surface area (TPSA) is 0 Å². The largest absolute Gasteiger partial charge is 0.189 e. The summed E-state index contributed by atoms with van der Waals surface area (Å²) < 4.78 is -11.1. The van der Waals surface area contributed by atoms with Crippen LogP contribution in [0.3, 0.4) is 0 Å². The van der Waals surface area contributed by atoms with E-state index in [0.29, 0.717) is 18.4 Å². The molecule has 0 amide bonds. The Morgan fingerprint density at radius 2 is 1.38 bits per heavy atom. The van der Waals surface area contributed by atoms with Crippen LogP contribution in [0.5, 0.6) is 0 Å². The summed E-state index contributed by atoms with van der Waals surface area (Å²) >= 11 is 80.0. The Labute approximate surface area is 229 Å². The lowest BCUT2D eigenvalue weighted by Gasteiger charge is -2.62. The van der Waals surface area contributed by atoms with Gasteiger partial charge < -0.3 is 0 Å². The molecule has 164 valence electrons. The number of rotatable bonds is 0. The lowest BCUT2D eigenvalue weighted by Crippen LogP contribution is -2.75. The maximum Gasteiger partial charge on any atom is 0.189 e. The van der Waals surface area contributed by atoms with Gasteiger partial charge in [0.2, 0.25) is 0 Å². The predicted octanol–water partition coefficient (Wildman–Crippen LogP) is 9.68. The van der Waals surface area contributed by atoms with Gasteiger partial charge in [-0.3, -0.25) is 0 Å². The molecule has 0 aliphatic heterocycles. The highest BCUT2D eigenvalue weighted by Crippen LogP contribution is 2.76. The van der Waals surface area contributed by atoms with Crippen molar-refractivity contribution in [1.82, 2.24) is 0 Å². The Morgan fingerprint density at radius 3 is 1.93 bits per heavy atom. The molecular weight excluding hydrogens is 630 g/mol. The summed E-state index contributed by atoms with van der Waals surface area (Å²) in [6.45, 7) is 3.99. The van der Waals surface area contributed by atoms with E-state index in [-0.39, 0.29) is 17.1 Å². The summed E-state index contributed by atoms with van der Waals surface area (Å²) in [5, 5.41) is -0.930. The zero-order valence-electron chi connectivity index (χ0n) is 14.2. The third kappa shape index (κ3) is 3.21. The molecule has 3 rings (SSSR count). The van der Waals surface area contributed by atoms with Crippen molar-refractivity contribution in [2.75, 3.05) is 0 Å². The molecule has 0 spiro atoms. The fourth-order valence-electron chi connectivity index (χ4n) is 4.01. The zero-order valence-corrected chi connectivity index (χ0v) is 23.2. The molecule has 29 heavy (non-hydrogen) atoms. The fraction of sp³-hybridized carbons (Fsp3) is 0.647. The second-order valence-corrected chi connectivity index (χ2v) is 15.1. The third-order valence-electron chi connectivity index (χ3n) is 5.69. The van der Waals surface area contributed by atoms with Gasteiger partial charge >= 0.3 is 0 Å². The second-order valence-electron chi connectivity index (χ2n) is 7.27. The molecule has 0 saturated heterocycles. The summed E-state index contributed by atoms with van der Waals surface area (Å²) in [5.74, 6) is -0.153. The van der Waals surface area contributed by atoms with E-state index in [1.165, 1.54) is 0 Å². The highest BCUT2D eigenvalue weighted by Gasteiger charge is 2.83. The van der Waals surface area contributed by atoms with Gasteiger partial charge in [-0.05, 0) is 41.9 Å². The number of allylic oxidation sites excluding steroid dienone is 5. The SMILES string of the molecule is C=C1/C2=C3\C=CCCC3CC(Cl)C(Cl)(Cl)C(Cl)(Cl)C2(Cl)C(Cl)(Cl)C(Cl)(Cl)C1(Cl)Cl. The monoisotopic (exact) mass is 636 g/mol. The minimum atomic E-state index is -2.40. The number of halogens is 12. The van der Waals surface area contributed by atoms with Crippen molar-refractivity contribution in [1.29, 1.82) is 0 Å². The van der Waals surface area contributed by atoms with E-state index in [1.807, 2.05) is 12.2 Å². The van der Waals surface area contributed by atoms with Gasteiger partial charge in [0.1, 0.15) is 4.87 Å². The number of hydrogen-bond donors (Lipinski definition) is 0. The van der Waals surface area contributed by atoms with Crippen LogP contribution >= 0.6 is 139 Å². The summed E-state index contributed by atoms with van der Waals surface area (Å²) in [6.07, 6.45) is 5.60. The Kier molecular flexibility index (Phi) is 7.13. The molecule has 3 atom stereocenters. The van der Waals surface area contributed by atoms with Gasteiger partial charge in [0.15, 0.2) is 21.7 Å². The Hall–Kier alpha value is 2.70. The van der Waals surface area contributed by atoms with Gasteiger partial charge in [-0.1, -0.05) is 135 Å². The van der Waals surface area contributed by atoms with Crippen LogP contribution in [0.2, 0.25) is 0 Å². The van der Waals surface area contributed by atoms with E-state index < -0.39 is 31.9 Å². The Morgan fingerprint density at radius 1 is 0.828 bits per heavy atom. The lowest BCUT2D eigenvalue weighted by atomic mass is 9.67. The summed E-state index contributed by atoms with van der Waals surface area (Å²) in [4.78, 5) is -2.22. The molecule has 0 bridgehead atoms. The maximum atomic E-state index is 7.12. The minimum absolute atomic E-state index is 0.0344. The zero-order chi connectivity index (χ0) is 22.4. The summed E-state index contributed by atoms with van der Waals surface area (Å²) in [6, 6.07) is 0. The molecule has 1 fully saturated rings. The normalized spacial score (nSPS) is 41.7. The number of alkyl halides is 12. The lowest BCUT2D eigenvalue weighted by molar-refractivity contribution is 0.359. The van der Waals surface area contributed by atoms with Gasteiger partial charge in [-0.25, -0.2) is 0 Å². The Balaban J connectivity index is 2.54. The molecule has 0 aromatic rings. The molecule has 3 aliphatic rings. The van der Waals surface area contributed by atoms with Gasteiger partial charge in [0.25, 0.3) is 0 Å². The molecule has 0 aromatic heterocycles. The molecule has 0 aromatic carbocycles. The van der Waals surface area contributed by atoms with Gasteiger partial charge in [-0.2, -0.15) is 0 Å². The van der Waals surface area contributed by atoms with Crippen LogP contribution in [0.15, 0.2) is 35.5 Å². The average molecular weight is 642 g/mol. The van der Waals surface area contributed by atoms with E-state index in [0.717, 1.165) is 6.42 Å². The molecule has 0 nitrogen and oxygen atoms in total. The third-order valence-corrected chi connectivity index (χ3v) is 14.3. The van der Waals surface area contributed by atoms with Crippen LogP contribution in [0.25, 0.3) is 0 Å². The van der Waals surface area contributed by atoms with Crippen LogP contribution in [0.4, 0.5) is 0 Å². The Bertz CT molecular complexity index is 805. The molecule has 12 heteroatoms. The first kappa shape index (κ1) is 26.3. The second kappa shape index (κ2) is 7.86.